The Balaban J connectivity index is 1.58. The van der Waals surface area contributed by atoms with Gasteiger partial charge in [0.1, 0.15) is 6.04 Å². The van der Waals surface area contributed by atoms with E-state index < -0.39 is 28.8 Å². The van der Waals surface area contributed by atoms with Crippen molar-refractivity contribution in [3.8, 4) is 0 Å². The van der Waals surface area contributed by atoms with E-state index in [9.17, 15) is 19.5 Å². The van der Waals surface area contributed by atoms with Gasteiger partial charge < -0.3 is 26.0 Å². The van der Waals surface area contributed by atoms with Gasteiger partial charge in [-0.3, -0.25) is 14.4 Å². The number of aliphatic hydroxyl groups excluding tert-OH is 1. The van der Waals surface area contributed by atoms with Crippen LogP contribution in [-0.4, -0.2) is 69.6 Å². The molecule has 0 saturated carbocycles. The summed E-state index contributed by atoms with van der Waals surface area (Å²) in [6.07, 6.45) is 0.268. The molecule has 3 atom stereocenters. The number of amides is 3. The van der Waals surface area contributed by atoms with Crippen LogP contribution in [0.2, 0.25) is 0 Å². The third-order valence-corrected chi connectivity index (χ3v) is 8.36. The number of nitrogens with one attached hydrogen (secondary N) is 3. The number of carbonyl (C=O) groups excluding carboxylic acids is 3. The van der Waals surface area contributed by atoms with Gasteiger partial charge in [0.05, 0.1) is 11.9 Å². The van der Waals surface area contributed by atoms with Gasteiger partial charge in [-0.15, -0.1) is 11.8 Å². The predicted octanol–water partition coefficient (Wildman–Crippen LogP) is 2.56. The molecule has 0 spiro atoms. The molecule has 8 nitrogen and oxygen atoms in total. The lowest BCUT2D eigenvalue weighted by molar-refractivity contribution is -0.147. The maximum atomic E-state index is 13.7. The molecule has 0 aliphatic carbocycles. The number of hydrogen-bond donors (Lipinski definition) is 4. The van der Waals surface area contributed by atoms with E-state index in [1.807, 2.05) is 63.2 Å². The molecule has 4 N–H and O–H groups in total. The molecule has 3 amide bonds. The molecule has 0 unspecified atom stereocenters. The number of carbonyl (C=O) groups is 3. The average molecular weight is 525 g/mol. The lowest BCUT2D eigenvalue weighted by Gasteiger charge is -2.33. The molecule has 2 aromatic rings. The Morgan fingerprint density at radius 1 is 1.16 bits per heavy atom. The Morgan fingerprint density at radius 3 is 2.65 bits per heavy atom. The highest BCUT2D eigenvalue weighted by atomic mass is 32.2. The maximum absolute atomic E-state index is 13.7. The summed E-state index contributed by atoms with van der Waals surface area (Å²) < 4.78 is -0.511. The van der Waals surface area contributed by atoms with Gasteiger partial charge in [-0.1, -0.05) is 43.3 Å². The van der Waals surface area contributed by atoms with Gasteiger partial charge in [0.2, 0.25) is 5.91 Å². The molecule has 1 saturated heterocycles. The smallest absolute Gasteiger partial charge is 0.254 e. The Kier molecular flexibility index (Phi) is 8.44. The van der Waals surface area contributed by atoms with Gasteiger partial charge in [0, 0.05) is 29.1 Å². The van der Waals surface area contributed by atoms with Crippen molar-refractivity contribution in [1.82, 2.24) is 15.5 Å². The van der Waals surface area contributed by atoms with E-state index in [-0.39, 0.29) is 24.1 Å². The van der Waals surface area contributed by atoms with Crippen LogP contribution in [0.1, 0.15) is 48.7 Å². The van der Waals surface area contributed by atoms with Gasteiger partial charge in [-0.25, -0.2) is 0 Å². The first-order valence-corrected chi connectivity index (χ1v) is 13.8. The van der Waals surface area contributed by atoms with Crippen molar-refractivity contribution in [3.63, 3.8) is 0 Å². The molecule has 2 heterocycles. The monoisotopic (exact) mass is 524 g/mol. The molecule has 2 aliphatic rings. The quantitative estimate of drug-likeness (QED) is 0.401. The van der Waals surface area contributed by atoms with Gasteiger partial charge in [-0.2, -0.15) is 0 Å². The van der Waals surface area contributed by atoms with E-state index >= 15 is 0 Å². The van der Waals surface area contributed by atoms with Crippen LogP contribution < -0.4 is 16.0 Å². The molecule has 198 valence electrons. The molecule has 9 heteroatoms. The van der Waals surface area contributed by atoms with E-state index in [0.29, 0.717) is 12.1 Å². The highest BCUT2D eigenvalue weighted by Gasteiger charge is 2.49. The zero-order chi connectivity index (χ0) is 26.6. The lowest BCUT2D eigenvalue weighted by atomic mass is 9.96. The second kappa shape index (κ2) is 11.6. The van der Waals surface area contributed by atoms with Crippen molar-refractivity contribution in [3.05, 3.63) is 65.2 Å². The first-order chi connectivity index (χ1) is 17.7. The van der Waals surface area contributed by atoms with Crippen LogP contribution in [0.5, 0.6) is 0 Å². The van der Waals surface area contributed by atoms with Crippen LogP contribution in [0.25, 0.3) is 0 Å². The number of thioether (sulfide) groups is 1. The van der Waals surface area contributed by atoms with Crippen LogP contribution in [0.15, 0.2) is 48.5 Å². The summed E-state index contributed by atoms with van der Waals surface area (Å²) in [6.45, 7) is 7.11. The highest BCUT2D eigenvalue weighted by Crippen LogP contribution is 2.40. The summed E-state index contributed by atoms with van der Waals surface area (Å²) in [6, 6.07) is 13.4. The molecule has 0 aromatic heterocycles. The molecule has 4 rings (SSSR count). The van der Waals surface area contributed by atoms with Crippen molar-refractivity contribution in [2.24, 2.45) is 0 Å². The largest absolute Gasteiger partial charge is 0.384 e. The van der Waals surface area contributed by atoms with Crippen LogP contribution in [0.3, 0.4) is 0 Å². The molecule has 1 fully saturated rings. The van der Waals surface area contributed by atoms with Crippen molar-refractivity contribution >= 4 is 35.2 Å². The Labute approximate surface area is 222 Å². The normalized spacial score (nSPS) is 19.5. The summed E-state index contributed by atoms with van der Waals surface area (Å²) in [4.78, 5) is 41.6. The fraction of sp³-hybridized carbons (Fsp3) is 0.464. The number of rotatable bonds is 9. The fourth-order valence-electron chi connectivity index (χ4n) is 5.01. The molecular formula is C28H36N4O4S. The minimum absolute atomic E-state index is 0.228. The number of nitrogens with zero attached hydrogens (tertiary/aromatic N) is 1. The zero-order valence-corrected chi connectivity index (χ0v) is 22.4. The minimum Gasteiger partial charge on any atom is -0.384 e. The molecular weight excluding hydrogens is 488 g/mol. The number of hydrogen-bond acceptors (Lipinski definition) is 6. The number of fused-ring (bicyclic) bond motifs is 1. The van der Waals surface area contributed by atoms with Crippen molar-refractivity contribution in [2.45, 2.75) is 63.0 Å². The van der Waals surface area contributed by atoms with Gasteiger partial charge in [0.15, 0.2) is 6.10 Å². The average Bonchev–Trinajstić information content (AvgIpc) is 3.50. The Morgan fingerprint density at radius 2 is 1.92 bits per heavy atom. The zero-order valence-electron chi connectivity index (χ0n) is 21.6. The Bertz CT molecular complexity index is 1140. The van der Waals surface area contributed by atoms with Gasteiger partial charge in [-0.05, 0) is 56.4 Å². The number of benzene rings is 2. The minimum atomic E-state index is -1.52. The summed E-state index contributed by atoms with van der Waals surface area (Å²) in [5.41, 5.74) is 3.29. The van der Waals surface area contributed by atoms with E-state index in [1.165, 1.54) is 16.7 Å². The van der Waals surface area contributed by atoms with Crippen LogP contribution in [-0.2, 0) is 22.4 Å². The standard InChI is InChI=1S/C28H36N4O4S/c1-4-14-30-26(35)24-28(2,3)37-17-32(24)27(36)23(33)22(16-18-9-6-5-7-10-18)31-25(34)20-11-8-12-21-19(20)13-15-29-21/h5-12,22-24,29,33H,4,13-17H2,1-3H3,(H,30,35)(H,31,34)/t22-,23-,24+/m0/s1. The fourth-order valence-corrected chi connectivity index (χ4v) is 6.15. The number of aliphatic hydroxyl groups is 1. The molecule has 37 heavy (non-hydrogen) atoms. The van der Waals surface area contributed by atoms with Crippen molar-refractivity contribution < 1.29 is 19.5 Å². The third-order valence-electron chi connectivity index (χ3n) is 6.99. The Hall–Kier alpha value is -3.04. The molecule has 2 aromatic carbocycles. The van der Waals surface area contributed by atoms with E-state index in [2.05, 4.69) is 16.0 Å². The first kappa shape index (κ1) is 27.0. The van der Waals surface area contributed by atoms with Crippen LogP contribution >= 0.6 is 11.8 Å². The predicted molar refractivity (Wildman–Crippen MR) is 147 cm³/mol. The van der Waals surface area contributed by atoms with Crippen molar-refractivity contribution in [2.75, 3.05) is 24.3 Å². The SMILES string of the molecule is CCCNC(=O)[C@H]1N(C(=O)[C@@H](O)[C@H](Cc2ccccc2)NC(=O)c2cccc3c2CCN3)CSC1(C)C. The van der Waals surface area contributed by atoms with Crippen LogP contribution in [0, 0.1) is 0 Å². The summed E-state index contributed by atoms with van der Waals surface area (Å²) >= 11 is 1.50. The first-order valence-electron chi connectivity index (χ1n) is 12.8. The van der Waals surface area contributed by atoms with E-state index in [1.54, 1.807) is 6.07 Å². The third kappa shape index (κ3) is 5.93. The highest BCUT2D eigenvalue weighted by molar-refractivity contribution is 8.00. The van der Waals surface area contributed by atoms with Gasteiger partial charge >= 0.3 is 0 Å². The van der Waals surface area contributed by atoms with Crippen LogP contribution in [0.4, 0.5) is 5.69 Å². The van der Waals surface area contributed by atoms with Gasteiger partial charge in [0.25, 0.3) is 11.8 Å². The second-order valence-corrected chi connectivity index (χ2v) is 11.7. The second-order valence-electron chi connectivity index (χ2n) is 10.1. The number of anilines is 1. The molecule has 2 aliphatic heterocycles. The summed E-state index contributed by atoms with van der Waals surface area (Å²) in [5, 5.41) is 20.5. The molecule has 0 bridgehead atoms. The topological polar surface area (TPSA) is 111 Å². The summed E-state index contributed by atoms with van der Waals surface area (Å²) in [5.74, 6) is -0.831. The van der Waals surface area contributed by atoms with E-state index in [0.717, 1.165) is 36.2 Å². The molecule has 0 radical (unpaired) electrons. The maximum Gasteiger partial charge on any atom is 0.254 e. The van der Waals surface area contributed by atoms with Crippen molar-refractivity contribution in [1.29, 1.82) is 0 Å². The summed E-state index contributed by atoms with van der Waals surface area (Å²) in [7, 11) is 0. The lowest BCUT2D eigenvalue weighted by Crippen LogP contribution is -2.58. The van der Waals surface area contributed by atoms with E-state index in [4.69, 9.17) is 0 Å².